The molecular weight excluding hydrogens is 300 g/mol. The van der Waals surface area contributed by atoms with Gasteiger partial charge in [0, 0.05) is 23.3 Å². The van der Waals surface area contributed by atoms with Crippen molar-refractivity contribution in [2.75, 3.05) is 19.5 Å². The van der Waals surface area contributed by atoms with Crippen molar-refractivity contribution in [3.8, 4) is 11.5 Å². The molecule has 23 heavy (non-hydrogen) atoms. The van der Waals surface area contributed by atoms with Crippen LogP contribution in [-0.2, 0) is 0 Å². The number of nitro benzene ring substituents is 1. The van der Waals surface area contributed by atoms with Crippen molar-refractivity contribution in [2.45, 2.75) is 6.92 Å². The summed E-state index contributed by atoms with van der Waals surface area (Å²) in [6.07, 6.45) is 0. The van der Waals surface area contributed by atoms with Crippen LogP contribution in [0.2, 0.25) is 0 Å². The van der Waals surface area contributed by atoms with Crippen molar-refractivity contribution in [1.29, 1.82) is 0 Å². The van der Waals surface area contributed by atoms with Gasteiger partial charge >= 0.3 is 0 Å². The lowest BCUT2D eigenvalue weighted by Gasteiger charge is -2.12. The van der Waals surface area contributed by atoms with E-state index in [0.717, 1.165) is 0 Å². The topological polar surface area (TPSA) is 90.7 Å². The number of hydrogen-bond donors (Lipinski definition) is 1. The first-order valence-corrected chi connectivity index (χ1v) is 6.74. The van der Waals surface area contributed by atoms with E-state index < -0.39 is 10.8 Å². The highest BCUT2D eigenvalue weighted by molar-refractivity contribution is 6.05. The molecule has 2 rings (SSSR count). The van der Waals surface area contributed by atoms with Crippen LogP contribution >= 0.6 is 0 Å². The van der Waals surface area contributed by atoms with Crippen LogP contribution in [0.5, 0.6) is 11.5 Å². The molecule has 0 aliphatic rings. The lowest BCUT2D eigenvalue weighted by Crippen LogP contribution is -2.13. The quantitative estimate of drug-likeness (QED) is 0.676. The third kappa shape index (κ3) is 3.57. The molecule has 0 heterocycles. The monoisotopic (exact) mass is 316 g/mol. The molecule has 0 saturated carbocycles. The molecule has 0 unspecified atom stereocenters. The highest BCUT2D eigenvalue weighted by Gasteiger charge is 2.16. The van der Waals surface area contributed by atoms with Gasteiger partial charge in [-0.25, -0.2) is 0 Å². The van der Waals surface area contributed by atoms with Gasteiger partial charge in [0.1, 0.15) is 11.5 Å². The molecule has 0 fully saturated rings. The fraction of sp³-hybridized carbons (Fsp3) is 0.188. The number of rotatable bonds is 5. The zero-order valence-electron chi connectivity index (χ0n) is 13.0. The molecule has 0 spiro atoms. The highest BCUT2D eigenvalue weighted by Crippen LogP contribution is 2.29. The van der Waals surface area contributed by atoms with Crippen LogP contribution in [0.1, 0.15) is 15.9 Å². The van der Waals surface area contributed by atoms with Gasteiger partial charge < -0.3 is 14.8 Å². The van der Waals surface area contributed by atoms with Gasteiger partial charge in [0.2, 0.25) is 0 Å². The Balaban J connectivity index is 2.32. The van der Waals surface area contributed by atoms with E-state index in [2.05, 4.69) is 5.32 Å². The summed E-state index contributed by atoms with van der Waals surface area (Å²) in [5.41, 5.74) is 0.994. The lowest BCUT2D eigenvalue weighted by atomic mass is 10.1. The maximum absolute atomic E-state index is 12.3. The Hall–Kier alpha value is -3.09. The fourth-order valence-corrected chi connectivity index (χ4v) is 2.05. The Bertz CT molecular complexity index is 758. The summed E-state index contributed by atoms with van der Waals surface area (Å²) < 4.78 is 10.3. The number of carbonyl (C=O) groups is 1. The van der Waals surface area contributed by atoms with Crippen molar-refractivity contribution in [3.05, 3.63) is 57.6 Å². The summed E-state index contributed by atoms with van der Waals surface area (Å²) >= 11 is 0. The first-order valence-electron chi connectivity index (χ1n) is 6.74. The maximum atomic E-state index is 12.3. The minimum absolute atomic E-state index is 0.102. The predicted octanol–water partition coefficient (Wildman–Crippen LogP) is 3.17. The predicted molar refractivity (Wildman–Crippen MR) is 85.3 cm³/mol. The highest BCUT2D eigenvalue weighted by atomic mass is 16.6. The van der Waals surface area contributed by atoms with Gasteiger partial charge in [0.15, 0.2) is 0 Å². The van der Waals surface area contributed by atoms with Crippen LogP contribution < -0.4 is 14.8 Å². The van der Waals surface area contributed by atoms with E-state index in [9.17, 15) is 14.9 Å². The zero-order valence-corrected chi connectivity index (χ0v) is 13.0. The van der Waals surface area contributed by atoms with Crippen molar-refractivity contribution in [3.63, 3.8) is 0 Å². The first-order chi connectivity index (χ1) is 11.0. The first kappa shape index (κ1) is 16.3. The molecule has 7 nitrogen and oxygen atoms in total. The van der Waals surface area contributed by atoms with Gasteiger partial charge in [-0.15, -0.1) is 0 Å². The average molecular weight is 316 g/mol. The van der Waals surface area contributed by atoms with Crippen LogP contribution in [0.15, 0.2) is 36.4 Å². The van der Waals surface area contributed by atoms with Crippen LogP contribution in [0, 0.1) is 17.0 Å². The average Bonchev–Trinajstić information content (AvgIpc) is 2.54. The summed E-state index contributed by atoms with van der Waals surface area (Å²) in [7, 11) is 2.99. The minimum atomic E-state index is -0.516. The van der Waals surface area contributed by atoms with Gasteiger partial charge in [-0.05, 0) is 25.1 Å². The van der Waals surface area contributed by atoms with Crippen molar-refractivity contribution < 1.29 is 19.2 Å². The molecule has 0 saturated heterocycles. The number of amides is 1. The molecule has 0 radical (unpaired) electrons. The molecular formula is C16H16N2O5. The summed E-state index contributed by atoms with van der Waals surface area (Å²) in [5.74, 6) is 0.538. The van der Waals surface area contributed by atoms with E-state index in [4.69, 9.17) is 9.47 Å². The molecule has 0 atom stereocenters. The second kappa shape index (κ2) is 6.78. The summed E-state index contributed by atoms with van der Waals surface area (Å²) in [4.78, 5) is 22.8. The zero-order chi connectivity index (χ0) is 17.0. The van der Waals surface area contributed by atoms with E-state index in [1.54, 1.807) is 25.1 Å². The maximum Gasteiger partial charge on any atom is 0.273 e. The smallest absolute Gasteiger partial charge is 0.273 e. The van der Waals surface area contributed by atoms with Gasteiger partial charge in [0.25, 0.3) is 11.6 Å². The Kier molecular flexibility index (Phi) is 4.80. The number of methoxy groups -OCH3 is 2. The largest absolute Gasteiger partial charge is 0.497 e. The summed E-state index contributed by atoms with van der Waals surface area (Å²) in [6.45, 7) is 1.62. The number of anilines is 1. The minimum Gasteiger partial charge on any atom is -0.497 e. The second-order valence-electron chi connectivity index (χ2n) is 4.78. The number of carbonyl (C=O) groups excluding carboxylic acids is 1. The number of nitrogens with zero attached hydrogens (tertiary/aromatic N) is 1. The SMILES string of the molecule is COc1ccc(OC)c(NC(=O)c2ccc(C)c([N+](=O)[O-])c2)c1. The van der Waals surface area contributed by atoms with Gasteiger partial charge in [0.05, 0.1) is 24.8 Å². The van der Waals surface area contributed by atoms with E-state index in [1.807, 2.05) is 0 Å². The molecule has 0 aromatic heterocycles. The molecule has 0 bridgehead atoms. The second-order valence-corrected chi connectivity index (χ2v) is 4.78. The molecule has 2 aromatic rings. The van der Waals surface area contributed by atoms with Crippen LogP contribution in [0.3, 0.4) is 0 Å². The number of nitrogens with one attached hydrogen (secondary N) is 1. The summed E-state index contributed by atoms with van der Waals surface area (Å²) in [6, 6.07) is 9.29. The third-order valence-corrected chi connectivity index (χ3v) is 3.32. The Morgan fingerprint density at radius 3 is 2.48 bits per heavy atom. The molecule has 2 aromatic carbocycles. The number of hydrogen-bond acceptors (Lipinski definition) is 5. The number of nitro groups is 1. The van der Waals surface area contributed by atoms with E-state index in [-0.39, 0.29) is 11.3 Å². The number of ether oxygens (including phenoxy) is 2. The van der Waals surface area contributed by atoms with Crippen molar-refractivity contribution in [2.24, 2.45) is 0 Å². The van der Waals surface area contributed by atoms with E-state index >= 15 is 0 Å². The van der Waals surface area contributed by atoms with Crippen molar-refractivity contribution >= 4 is 17.3 Å². The Morgan fingerprint density at radius 2 is 1.87 bits per heavy atom. The molecule has 1 amide bonds. The molecule has 0 aliphatic carbocycles. The van der Waals surface area contributed by atoms with Gasteiger partial charge in [-0.3, -0.25) is 14.9 Å². The van der Waals surface area contributed by atoms with Crippen LogP contribution in [0.25, 0.3) is 0 Å². The van der Waals surface area contributed by atoms with Crippen LogP contribution in [0.4, 0.5) is 11.4 Å². The fourth-order valence-electron chi connectivity index (χ4n) is 2.05. The van der Waals surface area contributed by atoms with Gasteiger partial charge in [-0.2, -0.15) is 0 Å². The third-order valence-electron chi connectivity index (χ3n) is 3.32. The van der Waals surface area contributed by atoms with Gasteiger partial charge in [-0.1, -0.05) is 6.07 Å². The van der Waals surface area contributed by atoms with E-state index in [0.29, 0.717) is 22.7 Å². The summed E-state index contributed by atoms with van der Waals surface area (Å²) in [5, 5.41) is 13.6. The Morgan fingerprint density at radius 1 is 1.13 bits per heavy atom. The molecule has 120 valence electrons. The number of benzene rings is 2. The molecule has 1 N–H and O–H groups in total. The standard InChI is InChI=1S/C16H16N2O5/c1-10-4-5-11(8-14(10)18(20)21)16(19)17-13-9-12(22-2)6-7-15(13)23-3/h4-9H,1-3H3,(H,17,19). The number of aryl methyl sites for hydroxylation is 1. The van der Waals surface area contributed by atoms with Crippen molar-refractivity contribution in [1.82, 2.24) is 0 Å². The molecule has 7 heteroatoms. The van der Waals surface area contributed by atoms with E-state index in [1.165, 1.54) is 32.4 Å². The normalized spacial score (nSPS) is 10.0. The lowest BCUT2D eigenvalue weighted by molar-refractivity contribution is -0.385. The van der Waals surface area contributed by atoms with Crippen LogP contribution in [-0.4, -0.2) is 25.1 Å². The Labute approximate surface area is 133 Å². The molecule has 0 aliphatic heterocycles.